The van der Waals surface area contributed by atoms with Crippen LogP contribution in [0, 0.1) is 10.1 Å². The Labute approximate surface area is 153 Å². The van der Waals surface area contributed by atoms with Crippen molar-refractivity contribution in [2.75, 3.05) is 18.9 Å². The summed E-state index contributed by atoms with van der Waals surface area (Å²) in [6.45, 7) is 0.424. The Morgan fingerprint density at radius 3 is 2.52 bits per heavy atom. The monoisotopic (exact) mass is 382 g/mol. The summed E-state index contributed by atoms with van der Waals surface area (Å²) < 4.78 is 38.1. The highest BCUT2D eigenvalue weighted by atomic mass is 19.4. The zero-order valence-electron chi connectivity index (χ0n) is 14.4. The molecule has 0 aliphatic carbocycles. The first-order chi connectivity index (χ1) is 12.7. The van der Waals surface area contributed by atoms with Gasteiger partial charge in [0.1, 0.15) is 5.69 Å². The Balaban J connectivity index is 1.96. The van der Waals surface area contributed by atoms with E-state index in [1.54, 1.807) is 31.6 Å². The molecule has 144 valence electrons. The first-order valence-corrected chi connectivity index (χ1v) is 7.91. The van der Waals surface area contributed by atoms with Gasteiger partial charge in [0.25, 0.3) is 5.69 Å². The number of halogens is 3. The van der Waals surface area contributed by atoms with Gasteiger partial charge in [0.15, 0.2) is 0 Å². The minimum atomic E-state index is -4.67. The molecule has 27 heavy (non-hydrogen) atoms. The number of nitrogens with zero attached hydrogens (tertiary/aromatic N) is 3. The van der Waals surface area contributed by atoms with Gasteiger partial charge in [0, 0.05) is 45.0 Å². The van der Waals surface area contributed by atoms with E-state index in [9.17, 15) is 28.1 Å². The lowest BCUT2D eigenvalue weighted by Crippen LogP contribution is -2.27. The van der Waals surface area contributed by atoms with Gasteiger partial charge >= 0.3 is 6.18 Å². The average molecular weight is 382 g/mol. The summed E-state index contributed by atoms with van der Waals surface area (Å²) in [4.78, 5) is 27.6. The first kappa shape index (κ1) is 20.1. The Bertz CT molecular complexity index is 813. The van der Waals surface area contributed by atoms with Crippen molar-refractivity contribution in [3.05, 3.63) is 64.0 Å². The lowest BCUT2D eigenvalue weighted by atomic mass is 10.1. The standard InChI is InChI=1S/C17H17F3N4O3/c1-23(11-12-4-7-21-8-5-12)16(25)6-9-22-14-3-2-13(17(18,19)20)10-15(14)24(26)27/h2-5,7-8,10,22H,6,9,11H2,1H3. The molecule has 0 aliphatic rings. The maximum atomic E-state index is 12.7. The van der Waals surface area contributed by atoms with E-state index < -0.39 is 22.4 Å². The number of pyridine rings is 1. The van der Waals surface area contributed by atoms with Crippen LogP contribution in [0.3, 0.4) is 0 Å². The summed E-state index contributed by atoms with van der Waals surface area (Å²) >= 11 is 0. The van der Waals surface area contributed by atoms with Gasteiger partial charge in [0.2, 0.25) is 5.91 Å². The zero-order valence-corrected chi connectivity index (χ0v) is 14.4. The van der Waals surface area contributed by atoms with E-state index >= 15 is 0 Å². The minimum Gasteiger partial charge on any atom is -0.379 e. The number of hydrogen-bond donors (Lipinski definition) is 1. The van der Waals surface area contributed by atoms with E-state index in [0.717, 1.165) is 17.7 Å². The summed E-state index contributed by atoms with van der Waals surface area (Å²) in [5, 5.41) is 13.7. The van der Waals surface area contributed by atoms with E-state index in [0.29, 0.717) is 12.6 Å². The fraction of sp³-hybridized carbons (Fsp3) is 0.294. The van der Waals surface area contributed by atoms with Gasteiger partial charge < -0.3 is 10.2 Å². The fourth-order valence-corrected chi connectivity index (χ4v) is 2.35. The van der Waals surface area contributed by atoms with Crippen LogP contribution in [0.1, 0.15) is 17.5 Å². The molecule has 1 amide bonds. The number of aromatic nitrogens is 1. The van der Waals surface area contributed by atoms with Crippen LogP contribution in [-0.4, -0.2) is 34.3 Å². The molecule has 0 atom stereocenters. The van der Waals surface area contributed by atoms with Crippen molar-refractivity contribution < 1.29 is 22.9 Å². The molecular formula is C17H17F3N4O3. The summed E-state index contributed by atoms with van der Waals surface area (Å²) in [6.07, 6.45) is -1.42. The third kappa shape index (κ3) is 5.66. The number of nitrogens with one attached hydrogen (secondary N) is 1. The number of benzene rings is 1. The molecule has 0 unspecified atom stereocenters. The third-order valence-electron chi connectivity index (χ3n) is 3.77. The van der Waals surface area contributed by atoms with Crippen LogP contribution in [-0.2, 0) is 17.5 Å². The predicted molar refractivity (Wildman–Crippen MR) is 91.9 cm³/mol. The molecule has 0 bridgehead atoms. The summed E-state index contributed by atoms with van der Waals surface area (Å²) in [7, 11) is 1.61. The molecule has 0 radical (unpaired) electrons. The van der Waals surface area contributed by atoms with Crippen molar-refractivity contribution in [2.24, 2.45) is 0 Å². The van der Waals surface area contributed by atoms with Crippen LogP contribution in [0.15, 0.2) is 42.7 Å². The Morgan fingerprint density at radius 2 is 1.93 bits per heavy atom. The number of nitro groups is 1. The first-order valence-electron chi connectivity index (χ1n) is 7.91. The number of nitro benzene ring substituents is 1. The lowest BCUT2D eigenvalue weighted by Gasteiger charge is -2.17. The molecule has 1 aromatic carbocycles. The quantitative estimate of drug-likeness (QED) is 0.585. The second-order valence-corrected chi connectivity index (χ2v) is 5.77. The van der Waals surface area contributed by atoms with E-state index in [1.165, 1.54) is 4.90 Å². The largest absolute Gasteiger partial charge is 0.416 e. The number of rotatable bonds is 7. The van der Waals surface area contributed by atoms with E-state index in [1.807, 2.05) is 0 Å². The number of carbonyl (C=O) groups excluding carboxylic acids is 1. The molecule has 0 aliphatic heterocycles. The van der Waals surface area contributed by atoms with E-state index in [4.69, 9.17) is 0 Å². The highest BCUT2D eigenvalue weighted by molar-refractivity contribution is 5.76. The molecule has 0 saturated heterocycles. The SMILES string of the molecule is CN(Cc1ccncc1)C(=O)CCNc1ccc(C(F)(F)F)cc1[N+](=O)[O-]. The zero-order chi connectivity index (χ0) is 20.0. The van der Waals surface area contributed by atoms with Gasteiger partial charge in [-0.05, 0) is 29.8 Å². The van der Waals surface area contributed by atoms with E-state index in [-0.39, 0.29) is 24.6 Å². The maximum Gasteiger partial charge on any atom is 0.416 e. The number of hydrogen-bond acceptors (Lipinski definition) is 5. The van der Waals surface area contributed by atoms with Crippen molar-refractivity contribution in [2.45, 2.75) is 19.1 Å². The summed E-state index contributed by atoms with van der Waals surface area (Å²) in [5.41, 5.74) is -0.972. The van der Waals surface area contributed by atoms with Crippen molar-refractivity contribution in [1.29, 1.82) is 0 Å². The molecule has 10 heteroatoms. The predicted octanol–water partition coefficient (Wildman–Crippen LogP) is 3.47. The molecule has 0 spiro atoms. The van der Waals surface area contributed by atoms with Crippen molar-refractivity contribution >= 4 is 17.3 Å². The van der Waals surface area contributed by atoms with Gasteiger partial charge in [-0.25, -0.2) is 0 Å². The van der Waals surface area contributed by atoms with Crippen LogP contribution in [0.25, 0.3) is 0 Å². The van der Waals surface area contributed by atoms with Crippen molar-refractivity contribution in [3.63, 3.8) is 0 Å². The van der Waals surface area contributed by atoms with Crippen LogP contribution in [0.5, 0.6) is 0 Å². The highest BCUT2D eigenvalue weighted by Gasteiger charge is 2.33. The molecule has 1 N–H and O–H groups in total. The number of amides is 1. The summed E-state index contributed by atoms with van der Waals surface area (Å²) in [6, 6.07) is 5.76. The molecule has 0 fully saturated rings. The van der Waals surface area contributed by atoms with Crippen LogP contribution in [0.4, 0.5) is 24.5 Å². The number of alkyl halides is 3. The topological polar surface area (TPSA) is 88.4 Å². The minimum absolute atomic E-state index is 0.0275. The normalized spacial score (nSPS) is 11.1. The second-order valence-electron chi connectivity index (χ2n) is 5.77. The molecule has 2 rings (SSSR count). The molecule has 1 aromatic heterocycles. The average Bonchev–Trinajstić information content (AvgIpc) is 2.61. The van der Waals surface area contributed by atoms with Crippen LogP contribution < -0.4 is 5.32 Å². The Morgan fingerprint density at radius 1 is 1.26 bits per heavy atom. The summed E-state index contributed by atoms with van der Waals surface area (Å²) in [5.74, 6) is -0.214. The molecule has 1 heterocycles. The number of anilines is 1. The molecule has 0 saturated carbocycles. The van der Waals surface area contributed by atoms with Gasteiger partial charge in [-0.15, -0.1) is 0 Å². The van der Waals surface area contributed by atoms with Gasteiger partial charge in [-0.1, -0.05) is 0 Å². The molecular weight excluding hydrogens is 365 g/mol. The Kier molecular flexibility index (Phi) is 6.32. The molecule has 2 aromatic rings. The van der Waals surface area contributed by atoms with Crippen molar-refractivity contribution in [1.82, 2.24) is 9.88 Å². The Hall–Kier alpha value is -3.17. The third-order valence-corrected chi connectivity index (χ3v) is 3.77. The highest BCUT2D eigenvalue weighted by Crippen LogP contribution is 2.34. The van der Waals surface area contributed by atoms with Gasteiger partial charge in [-0.3, -0.25) is 19.9 Å². The number of carbonyl (C=O) groups is 1. The van der Waals surface area contributed by atoms with E-state index in [2.05, 4.69) is 10.3 Å². The van der Waals surface area contributed by atoms with Crippen LogP contribution in [0.2, 0.25) is 0 Å². The second kappa shape index (κ2) is 8.47. The van der Waals surface area contributed by atoms with Crippen LogP contribution >= 0.6 is 0 Å². The smallest absolute Gasteiger partial charge is 0.379 e. The van der Waals surface area contributed by atoms with Crippen molar-refractivity contribution in [3.8, 4) is 0 Å². The fourth-order valence-electron chi connectivity index (χ4n) is 2.35. The molecule has 7 nitrogen and oxygen atoms in total. The van der Waals surface area contributed by atoms with Gasteiger partial charge in [-0.2, -0.15) is 13.2 Å². The van der Waals surface area contributed by atoms with Gasteiger partial charge in [0.05, 0.1) is 10.5 Å². The maximum absolute atomic E-state index is 12.7. The lowest BCUT2D eigenvalue weighted by molar-refractivity contribution is -0.384.